The third-order valence-electron chi connectivity index (χ3n) is 4.69. The molecule has 0 radical (unpaired) electrons. The summed E-state index contributed by atoms with van der Waals surface area (Å²) in [4.78, 5) is 4.15. The Morgan fingerprint density at radius 3 is 2.83 bits per heavy atom. The van der Waals surface area contributed by atoms with Gasteiger partial charge in [-0.25, -0.2) is 9.07 Å². The Morgan fingerprint density at radius 1 is 1.14 bits per heavy atom. The second kappa shape index (κ2) is 8.84. The van der Waals surface area contributed by atoms with Crippen LogP contribution in [0.5, 0.6) is 0 Å². The molecule has 0 aliphatic heterocycles. The van der Waals surface area contributed by atoms with Gasteiger partial charge in [-0.3, -0.25) is 4.98 Å². The number of aromatic nitrogens is 3. The quantitative estimate of drug-likeness (QED) is 0.443. The van der Waals surface area contributed by atoms with Crippen molar-refractivity contribution in [1.29, 1.82) is 0 Å². The second-order valence-corrected chi connectivity index (χ2v) is 6.98. The van der Waals surface area contributed by atoms with E-state index in [2.05, 4.69) is 21.5 Å². The molecule has 1 aromatic carbocycles. The maximum atomic E-state index is 13.6. The molecule has 0 fully saturated rings. The van der Waals surface area contributed by atoms with Gasteiger partial charge >= 0.3 is 0 Å². The standard InChI is InChI=1S/C23H23FN4O/c1-17-9-10-22(29-17)23-19(15-26-12-4-6-18-5-3-11-25-14-18)16-28(27-23)21-8-2-7-20(24)13-21/h2-3,5,7-11,13-14,16,26H,4,6,12,15H2,1H3. The van der Waals surface area contributed by atoms with Crippen LogP contribution in [0, 0.1) is 12.7 Å². The maximum Gasteiger partial charge on any atom is 0.154 e. The van der Waals surface area contributed by atoms with E-state index in [1.807, 2.05) is 43.6 Å². The van der Waals surface area contributed by atoms with E-state index in [1.54, 1.807) is 16.9 Å². The lowest BCUT2D eigenvalue weighted by molar-refractivity contribution is 0.544. The van der Waals surface area contributed by atoms with Crippen LogP contribution in [0.25, 0.3) is 17.1 Å². The topological polar surface area (TPSA) is 55.9 Å². The van der Waals surface area contributed by atoms with Crippen molar-refractivity contribution in [2.75, 3.05) is 6.54 Å². The van der Waals surface area contributed by atoms with E-state index in [1.165, 1.54) is 17.7 Å². The van der Waals surface area contributed by atoms with E-state index < -0.39 is 0 Å². The monoisotopic (exact) mass is 390 g/mol. The molecule has 0 amide bonds. The van der Waals surface area contributed by atoms with Crippen molar-refractivity contribution in [3.63, 3.8) is 0 Å². The van der Waals surface area contributed by atoms with Crippen LogP contribution >= 0.6 is 0 Å². The molecule has 3 heterocycles. The Hall–Kier alpha value is -3.25. The fourth-order valence-corrected chi connectivity index (χ4v) is 3.25. The van der Waals surface area contributed by atoms with Gasteiger partial charge in [-0.1, -0.05) is 12.1 Å². The molecule has 0 aliphatic carbocycles. The zero-order valence-electron chi connectivity index (χ0n) is 16.3. The van der Waals surface area contributed by atoms with Crippen LogP contribution in [-0.4, -0.2) is 21.3 Å². The predicted octanol–water partition coefficient (Wildman–Crippen LogP) is 4.70. The van der Waals surface area contributed by atoms with E-state index in [0.717, 1.165) is 36.4 Å². The molecule has 0 saturated heterocycles. The zero-order chi connectivity index (χ0) is 20.1. The van der Waals surface area contributed by atoms with E-state index in [4.69, 9.17) is 4.42 Å². The molecule has 3 aromatic heterocycles. The molecule has 1 N–H and O–H groups in total. The molecule has 0 bridgehead atoms. The number of furan rings is 1. The molecule has 29 heavy (non-hydrogen) atoms. The van der Waals surface area contributed by atoms with Crippen molar-refractivity contribution < 1.29 is 8.81 Å². The smallest absolute Gasteiger partial charge is 0.154 e. The SMILES string of the molecule is Cc1ccc(-c2nn(-c3cccc(F)c3)cc2CNCCCc2cccnc2)o1. The van der Waals surface area contributed by atoms with Crippen molar-refractivity contribution >= 4 is 0 Å². The summed E-state index contributed by atoms with van der Waals surface area (Å²) in [5.41, 5.74) is 3.68. The normalized spacial score (nSPS) is 11.1. The van der Waals surface area contributed by atoms with Crippen molar-refractivity contribution in [2.45, 2.75) is 26.3 Å². The van der Waals surface area contributed by atoms with E-state index in [9.17, 15) is 4.39 Å². The van der Waals surface area contributed by atoms with Crippen LogP contribution in [0.3, 0.4) is 0 Å². The van der Waals surface area contributed by atoms with Gasteiger partial charge in [0.25, 0.3) is 0 Å². The number of nitrogens with zero attached hydrogens (tertiary/aromatic N) is 3. The molecule has 4 aromatic rings. The van der Waals surface area contributed by atoms with Gasteiger partial charge < -0.3 is 9.73 Å². The largest absolute Gasteiger partial charge is 0.460 e. The van der Waals surface area contributed by atoms with Crippen LogP contribution in [0.15, 0.2) is 71.5 Å². The average molecular weight is 390 g/mol. The summed E-state index contributed by atoms with van der Waals surface area (Å²) in [7, 11) is 0. The van der Waals surface area contributed by atoms with E-state index in [0.29, 0.717) is 18.0 Å². The molecule has 0 unspecified atom stereocenters. The number of nitrogens with one attached hydrogen (secondary N) is 1. The second-order valence-electron chi connectivity index (χ2n) is 6.98. The minimum absolute atomic E-state index is 0.288. The number of aryl methyl sites for hydroxylation is 2. The summed E-state index contributed by atoms with van der Waals surface area (Å²) < 4.78 is 21.1. The summed E-state index contributed by atoms with van der Waals surface area (Å²) in [6, 6.07) is 14.3. The highest BCUT2D eigenvalue weighted by Crippen LogP contribution is 2.25. The van der Waals surface area contributed by atoms with Crippen molar-refractivity contribution in [2.24, 2.45) is 0 Å². The first-order chi connectivity index (χ1) is 14.2. The maximum absolute atomic E-state index is 13.6. The van der Waals surface area contributed by atoms with Crippen LogP contribution in [-0.2, 0) is 13.0 Å². The van der Waals surface area contributed by atoms with Gasteiger partial charge in [0.1, 0.15) is 17.3 Å². The number of rotatable bonds is 8. The number of hydrogen-bond acceptors (Lipinski definition) is 4. The first kappa shape index (κ1) is 19.1. The fourth-order valence-electron chi connectivity index (χ4n) is 3.25. The van der Waals surface area contributed by atoms with Gasteiger partial charge in [-0.05, 0) is 68.3 Å². The molecule has 0 atom stereocenters. The van der Waals surface area contributed by atoms with Crippen LogP contribution < -0.4 is 5.32 Å². The van der Waals surface area contributed by atoms with E-state index in [-0.39, 0.29) is 5.82 Å². The Balaban J connectivity index is 1.47. The molecule has 0 saturated carbocycles. The molecule has 6 heteroatoms. The lowest BCUT2D eigenvalue weighted by Gasteiger charge is -2.04. The highest BCUT2D eigenvalue weighted by Gasteiger charge is 2.15. The van der Waals surface area contributed by atoms with Crippen molar-refractivity contribution in [3.05, 3.63) is 89.8 Å². The summed E-state index contributed by atoms with van der Waals surface area (Å²) in [5.74, 6) is 1.25. The van der Waals surface area contributed by atoms with Crippen LogP contribution in [0.4, 0.5) is 4.39 Å². The minimum atomic E-state index is -0.288. The highest BCUT2D eigenvalue weighted by molar-refractivity contribution is 5.57. The molecule has 0 aliphatic rings. The first-order valence-corrected chi connectivity index (χ1v) is 9.70. The van der Waals surface area contributed by atoms with Crippen molar-refractivity contribution in [1.82, 2.24) is 20.1 Å². The number of hydrogen-bond donors (Lipinski definition) is 1. The van der Waals surface area contributed by atoms with Crippen molar-refractivity contribution in [3.8, 4) is 17.1 Å². The predicted molar refractivity (Wildman–Crippen MR) is 110 cm³/mol. The summed E-state index contributed by atoms with van der Waals surface area (Å²) in [5, 5.41) is 8.14. The number of benzene rings is 1. The highest BCUT2D eigenvalue weighted by atomic mass is 19.1. The zero-order valence-corrected chi connectivity index (χ0v) is 16.3. The summed E-state index contributed by atoms with van der Waals surface area (Å²) in [6.07, 6.45) is 7.61. The lowest BCUT2D eigenvalue weighted by Crippen LogP contribution is -2.15. The number of halogens is 1. The Labute approximate surface area is 169 Å². The third-order valence-corrected chi connectivity index (χ3v) is 4.69. The Morgan fingerprint density at radius 2 is 2.07 bits per heavy atom. The third kappa shape index (κ3) is 4.78. The van der Waals surface area contributed by atoms with Gasteiger partial charge in [0.15, 0.2) is 5.76 Å². The molecular weight excluding hydrogens is 367 g/mol. The van der Waals surface area contributed by atoms with Gasteiger partial charge in [-0.15, -0.1) is 0 Å². The molecule has 4 rings (SSSR count). The van der Waals surface area contributed by atoms with Gasteiger partial charge in [0, 0.05) is 30.7 Å². The lowest BCUT2D eigenvalue weighted by atomic mass is 10.1. The van der Waals surface area contributed by atoms with Gasteiger partial charge in [-0.2, -0.15) is 5.10 Å². The molecular formula is C23H23FN4O. The molecule has 0 spiro atoms. The fraction of sp³-hybridized carbons (Fsp3) is 0.217. The van der Waals surface area contributed by atoms with E-state index >= 15 is 0 Å². The minimum Gasteiger partial charge on any atom is -0.460 e. The molecule has 5 nitrogen and oxygen atoms in total. The summed E-state index contributed by atoms with van der Waals surface area (Å²) >= 11 is 0. The first-order valence-electron chi connectivity index (χ1n) is 9.70. The van der Waals surface area contributed by atoms with Gasteiger partial charge in [0.2, 0.25) is 0 Å². The summed E-state index contributed by atoms with van der Waals surface area (Å²) in [6.45, 7) is 3.43. The molecule has 148 valence electrons. The average Bonchev–Trinajstić information content (AvgIpc) is 3.35. The van der Waals surface area contributed by atoms with Crippen LogP contribution in [0.2, 0.25) is 0 Å². The van der Waals surface area contributed by atoms with Gasteiger partial charge in [0.05, 0.1) is 5.69 Å². The van der Waals surface area contributed by atoms with Crippen LogP contribution in [0.1, 0.15) is 23.3 Å². The number of pyridine rings is 1. The Bertz CT molecular complexity index is 1070. The Kier molecular flexibility index (Phi) is 5.81.